The van der Waals surface area contributed by atoms with Gasteiger partial charge in [-0.15, -0.1) is 0 Å². The SMILES string of the molecule is CCC[C@H]1CC2=C[C@H](CC)[C@H](O)C[C@@H]2S(=O)(=O)O1. The quantitative estimate of drug-likeness (QED) is 0.631. The molecule has 4 atom stereocenters. The van der Waals surface area contributed by atoms with Crippen LogP contribution in [0.5, 0.6) is 0 Å². The average molecular weight is 274 g/mol. The first-order valence-electron chi connectivity index (χ1n) is 6.78. The Morgan fingerprint density at radius 1 is 1.44 bits per heavy atom. The highest BCUT2D eigenvalue weighted by Gasteiger charge is 2.43. The van der Waals surface area contributed by atoms with Gasteiger partial charge in [0.1, 0.15) is 5.25 Å². The molecule has 4 nitrogen and oxygen atoms in total. The van der Waals surface area contributed by atoms with Crippen LogP contribution in [0.4, 0.5) is 0 Å². The number of fused-ring (bicyclic) bond motifs is 1. The van der Waals surface area contributed by atoms with Crippen molar-refractivity contribution in [3.63, 3.8) is 0 Å². The van der Waals surface area contributed by atoms with E-state index in [0.717, 1.165) is 24.8 Å². The fraction of sp³-hybridized carbons (Fsp3) is 0.846. The number of aliphatic hydroxyl groups is 1. The zero-order valence-corrected chi connectivity index (χ0v) is 11.8. The first kappa shape index (κ1) is 14.0. The molecule has 0 spiro atoms. The molecule has 1 heterocycles. The molecule has 1 aliphatic heterocycles. The van der Waals surface area contributed by atoms with E-state index in [1.807, 2.05) is 19.9 Å². The second kappa shape index (κ2) is 5.31. The van der Waals surface area contributed by atoms with Gasteiger partial charge in [-0.1, -0.05) is 31.9 Å². The smallest absolute Gasteiger partial charge is 0.274 e. The third-order valence-corrected chi connectivity index (χ3v) is 5.69. The molecule has 1 N–H and O–H groups in total. The predicted molar refractivity (Wildman–Crippen MR) is 69.6 cm³/mol. The van der Waals surface area contributed by atoms with E-state index in [1.54, 1.807) is 0 Å². The summed E-state index contributed by atoms with van der Waals surface area (Å²) in [6.45, 7) is 4.04. The molecule has 2 aliphatic rings. The minimum atomic E-state index is -3.55. The monoisotopic (exact) mass is 274 g/mol. The molecular weight excluding hydrogens is 252 g/mol. The summed E-state index contributed by atoms with van der Waals surface area (Å²) in [5.74, 6) is 0.0897. The van der Waals surface area contributed by atoms with Crippen LogP contribution in [0.3, 0.4) is 0 Å². The Hall–Kier alpha value is -0.390. The molecule has 0 saturated carbocycles. The van der Waals surface area contributed by atoms with Gasteiger partial charge in [-0.2, -0.15) is 8.42 Å². The van der Waals surface area contributed by atoms with Gasteiger partial charge in [-0.05, 0) is 25.7 Å². The van der Waals surface area contributed by atoms with E-state index >= 15 is 0 Å². The lowest BCUT2D eigenvalue weighted by molar-refractivity contribution is 0.101. The van der Waals surface area contributed by atoms with E-state index in [-0.39, 0.29) is 18.4 Å². The number of aliphatic hydroxyl groups excluding tert-OH is 1. The van der Waals surface area contributed by atoms with Gasteiger partial charge in [0.2, 0.25) is 0 Å². The van der Waals surface area contributed by atoms with Crippen LogP contribution in [0.15, 0.2) is 11.6 Å². The lowest BCUT2D eigenvalue weighted by Gasteiger charge is -2.37. The van der Waals surface area contributed by atoms with Crippen LogP contribution in [0.2, 0.25) is 0 Å². The Balaban J connectivity index is 2.27. The van der Waals surface area contributed by atoms with Gasteiger partial charge in [0.25, 0.3) is 10.1 Å². The van der Waals surface area contributed by atoms with Crippen molar-refractivity contribution in [2.24, 2.45) is 5.92 Å². The molecule has 1 saturated heterocycles. The van der Waals surface area contributed by atoms with Crippen LogP contribution in [0, 0.1) is 5.92 Å². The molecule has 1 fully saturated rings. The lowest BCUT2D eigenvalue weighted by atomic mass is 9.83. The zero-order chi connectivity index (χ0) is 13.3. The largest absolute Gasteiger partial charge is 0.392 e. The van der Waals surface area contributed by atoms with E-state index in [0.29, 0.717) is 6.42 Å². The highest BCUT2D eigenvalue weighted by molar-refractivity contribution is 7.87. The molecule has 1 aliphatic carbocycles. The van der Waals surface area contributed by atoms with E-state index < -0.39 is 21.5 Å². The molecular formula is C13H22O4S. The fourth-order valence-corrected chi connectivity index (χ4v) is 4.61. The summed E-state index contributed by atoms with van der Waals surface area (Å²) in [6.07, 6.45) is 4.70. The van der Waals surface area contributed by atoms with Gasteiger partial charge < -0.3 is 5.11 Å². The van der Waals surface area contributed by atoms with E-state index in [4.69, 9.17) is 4.18 Å². The first-order chi connectivity index (χ1) is 8.47. The summed E-state index contributed by atoms with van der Waals surface area (Å²) in [7, 11) is -3.55. The van der Waals surface area contributed by atoms with Crippen molar-refractivity contribution in [1.82, 2.24) is 0 Å². The number of rotatable bonds is 3. The molecule has 0 aromatic rings. The number of hydrogen-bond donors (Lipinski definition) is 1. The minimum absolute atomic E-state index is 0.0897. The Morgan fingerprint density at radius 3 is 2.78 bits per heavy atom. The standard InChI is InChI=1S/C13H22O4S/c1-3-5-11-7-10-6-9(4-2)12(14)8-13(10)18(15,16)17-11/h6,9,11-14H,3-5,7-8H2,1-2H3/t9-,11-,12+,13-/m0/s1. The van der Waals surface area contributed by atoms with Gasteiger partial charge in [0.15, 0.2) is 0 Å². The van der Waals surface area contributed by atoms with Crippen molar-refractivity contribution in [3.05, 3.63) is 11.6 Å². The van der Waals surface area contributed by atoms with Crippen molar-refractivity contribution < 1.29 is 17.7 Å². The van der Waals surface area contributed by atoms with Gasteiger partial charge in [-0.3, -0.25) is 4.18 Å². The second-order valence-corrected chi connectivity index (χ2v) is 7.06. The molecule has 5 heteroatoms. The van der Waals surface area contributed by atoms with Gasteiger partial charge >= 0.3 is 0 Å². The lowest BCUT2D eigenvalue weighted by Crippen LogP contribution is -2.42. The molecule has 0 unspecified atom stereocenters. The molecule has 0 aromatic carbocycles. The maximum Gasteiger partial charge on any atom is 0.274 e. The van der Waals surface area contributed by atoms with Crippen LogP contribution >= 0.6 is 0 Å². The maximum absolute atomic E-state index is 12.1. The molecule has 0 bridgehead atoms. The van der Waals surface area contributed by atoms with Crippen LogP contribution in [-0.4, -0.2) is 31.0 Å². The minimum Gasteiger partial charge on any atom is -0.392 e. The van der Waals surface area contributed by atoms with Crippen LogP contribution in [0.25, 0.3) is 0 Å². The Morgan fingerprint density at radius 2 is 2.17 bits per heavy atom. The summed E-state index contributed by atoms with van der Waals surface area (Å²) >= 11 is 0. The summed E-state index contributed by atoms with van der Waals surface area (Å²) in [5, 5.41) is 9.32. The molecule has 0 amide bonds. The summed E-state index contributed by atoms with van der Waals surface area (Å²) in [4.78, 5) is 0. The van der Waals surface area contributed by atoms with E-state index in [1.165, 1.54) is 0 Å². The van der Waals surface area contributed by atoms with Crippen molar-refractivity contribution >= 4 is 10.1 Å². The van der Waals surface area contributed by atoms with Crippen LogP contribution in [-0.2, 0) is 14.3 Å². The molecule has 104 valence electrons. The molecule has 18 heavy (non-hydrogen) atoms. The zero-order valence-electron chi connectivity index (χ0n) is 11.0. The summed E-state index contributed by atoms with van der Waals surface area (Å²) in [6, 6.07) is 0. The van der Waals surface area contributed by atoms with E-state index in [2.05, 4.69) is 0 Å². The van der Waals surface area contributed by atoms with E-state index in [9.17, 15) is 13.5 Å². The molecule has 2 rings (SSSR count). The molecule has 0 radical (unpaired) electrons. The van der Waals surface area contributed by atoms with Crippen molar-refractivity contribution in [3.8, 4) is 0 Å². The molecule has 0 aromatic heterocycles. The highest BCUT2D eigenvalue weighted by Crippen LogP contribution is 2.38. The first-order valence-corrected chi connectivity index (χ1v) is 8.25. The number of hydrogen-bond acceptors (Lipinski definition) is 4. The maximum atomic E-state index is 12.1. The second-order valence-electron chi connectivity index (χ2n) is 5.31. The van der Waals surface area contributed by atoms with Crippen LogP contribution in [0.1, 0.15) is 46.0 Å². The summed E-state index contributed by atoms with van der Waals surface area (Å²) < 4.78 is 29.4. The Bertz CT molecular complexity index is 426. The highest BCUT2D eigenvalue weighted by atomic mass is 32.2. The topological polar surface area (TPSA) is 63.6 Å². The van der Waals surface area contributed by atoms with Crippen LogP contribution < -0.4 is 0 Å². The van der Waals surface area contributed by atoms with Crippen molar-refractivity contribution in [2.45, 2.75) is 63.4 Å². The predicted octanol–water partition coefficient (Wildman–Crippen LogP) is 1.99. The average Bonchev–Trinajstić information content (AvgIpc) is 2.29. The third-order valence-electron chi connectivity index (χ3n) is 3.96. The third kappa shape index (κ3) is 2.63. The van der Waals surface area contributed by atoms with Crippen molar-refractivity contribution in [2.75, 3.05) is 0 Å². The Kier molecular flexibility index (Phi) is 4.14. The Labute approximate surface area is 109 Å². The van der Waals surface area contributed by atoms with Gasteiger partial charge in [0.05, 0.1) is 12.2 Å². The van der Waals surface area contributed by atoms with Gasteiger partial charge in [-0.25, -0.2) is 0 Å². The fourth-order valence-electron chi connectivity index (χ4n) is 2.96. The summed E-state index contributed by atoms with van der Waals surface area (Å²) in [5.41, 5.74) is 0.955. The van der Waals surface area contributed by atoms with Crippen molar-refractivity contribution in [1.29, 1.82) is 0 Å². The van der Waals surface area contributed by atoms with Gasteiger partial charge in [0, 0.05) is 5.92 Å². The normalized spacial score (nSPS) is 38.9.